The van der Waals surface area contributed by atoms with E-state index in [4.69, 9.17) is 5.11 Å². The van der Waals surface area contributed by atoms with Crippen LogP contribution in [-0.4, -0.2) is 33.5 Å². The van der Waals surface area contributed by atoms with Gasteiger partial charge in [-0.15, -0.1) is 0 Å². The Morgan fingerprint density at radius 3 is 1.12 bits per heavy atom. The number of aliphatic hydroxyl groups is 2. The van der Waals surface area contributed by atoms with Crippen molar-refractivity contribution in [2.75, 3.05) is 0 Å². The van der Waals surface area contributed by atoms with Crippen LogP contribution in [0.15, 0.2) is 0 Å². The predicted octanol–water partition coefficient (Wildman–Crippen LogP) is 8.57. The first-order chi connectivity index (χ1) is 16.1. The highest BCUT2D eigenvalue weighted by atomic mass is 16.4. The van der Waals surface area contributed by atoms with E-state index in [2.05, 4.69) is 6.92 Å². The van der Waals surface area contributed by atoms with E-state index in [1.54, 1.807) is 0 Å². The van der Waals surface area contributed by atoms with Crippen molar-refractivity contribution in [1.29, 1.82) is 0 Å². The van der Waals surface area contributed by atoms with Crippen LogP contribution in [0.2, 0.25) is 0 Å². The third-order valence-electron chi connectivity index (χ3n) is 6.90. The second kappa shape index (κ2) is 26.0. The molecule has 0 saturated heterocycles. The van der Waals surface area contributed by atoms with Crippen molar-refractivity contribution >= 4 is 5.97 Å². The maximum atomic E-state index is 10.4. The molecule has 0 aliphatic heterocycles. The summed E-state index contributed by atoms with van der Waals surface area (Å²) >= 11 is 0. The van der Waals surface area contributed by atoms with E-state index in [1.165, 1.54) is 96.3 Å². The van der Waals surface area contributed by atoms with Crippen LogP contribution in [0.1, 0.15) is 167 Å². The highest BCUT2D eigenvalue weighted by Crippen LogP contribution is 2.16. The summed E-state index contributed by atoms with van der Waals surface area (Å²) in [6, 6.07) is 0. The van der Waals surface area contributed by atoms with Gasteiger partial charge in [0.05, 0.1) is 12.2 Å². The van der Waals surface area contributed by atoms with Crippen LogP contribution in [0.25, 0.3) is 0 Å². The number of hydrogen-bond donors (Lipinski definition) is 3. The smallest absolute Gasteiger partial charge is 0.303 e. The molecule has 0 amide bonds. The molecular weight excluding hydrogens is 412 g/mol. The van der Waals surface area contributed by atoms with Crippen molar-refractivity contribution in [3.63, 3.8) is 0 Å². The molecule has 0 aromatic heterocycles. The van der Waals surface area contributed by atoms with Gasteiger partial charge in [0.1, 0.15) is 0 Å². The Morgan fingerprint density at radius 1 is 0.485 bits per heavy atom. The zero-order valence-electron chi connectivity index (χ0n) is 22.1. The number of aliphatic hydroxyl groups excluding tert-OH is 2. The monoisotopic (exact) mass is 470 g/mol. The SMILES string of the molecule is CCCCC(O)CCC(O)CCCCCCCCCCCCCCCCCCCCC(=O)O. The fourth-order valence-corrected chi connectivity index (χ4v) is 4.60. The van der Waals surface area contributed by atoms with Gasteiger partial charge in [0.15, 0.2) is 0 Å². The summed E-state index contributed by atoms with van der Waals surface area (Å²) in [6.07, 6.45) is 28.4. The van der Waals surface area contributed by atoms with Crippen molar-refractivity contribution in [2.24, 2.45) is 0 Å². The molecule has 0 aromatic carbocycles. The highest BCUT2D eigenvalue weighted by Gasteiger charge is 2.09. The first-order valence-corrected chi connectivity index (χ1v) is 14.6. The van der Waals surface area contributed by atoms with Crippen molar-refractivity contribution in [3.8, 4) is 0 Å². The lowest BCUT2D eigenvalue weighted by Gasteiger charge is -2.14. The van der Waals surface area contributed by atoms with Crippen LogP contribution in [0.4, 0.5) is 0 Å². The summed E-state index contributed by atoms with van der Waals surface area (Å²) < 4.78 is 0. The van der Waals surface area contributed by atoms with Gasteiger partial charge in [0.2, 0.25) is 0 Å². The van der Waals surface area contributed by atoms with E-state index >= 15 is 0 Å². The molecule has 0 bridgehead atoms. The molecule has 3 N–H and O–H groups in total. The number of rotatable bonds is 27. The summed E-state index contributed by atoms with van der Waals surface area (Å²) in [6.45, 7) is 2.14. The molecule has 4 nitrogen and oxygen atoms in total. The van der Waals surface area contributed by atoms with Gasteiger partial charge in [-0.2, -0.15) is 0 Å². The topological polar surface area (TPSA) is 77.8 Å². The first-order valence-electron chi connectivity index (χ1n) is 14.6. The maximum Gasteiger partial charge on any atom is 0.303 e. The molecular formula is C29H58O4. The molecule has 0 saturated carbocycles. The van der Waals surface area contributed by atoms with E-state index in [1.807, 2.05) is 0 Å². The molecule has 0 radical (unpaired) electrons. The van der Waals surface area contributed by atoms with Gasteiger partial charge in [-0.3, -0.25) is 4.79 Å². The Kier molecular flexibility index (Phi) is 25.5. The molecule has 33 heavy (non-hydrogen) atoms. The molecule has 0 aliphatic carbocycles. The molecule has 4 heteroatoms. The van der Waals surface area contributed by atoms with Gasteiger partial charge < -0.3 is 15.3 Å². The Labute approximate surface area is 206 Å². The largest absolute Gasteiger partial charge is 0.481 e. The second-order valence-electron chi connectivity index (χ2n) is 10.3. The van der Waals surface area contributed by atoms with Crippen LogP contribution < -0.4 is 0 Å². The van der Waals surface area contributed by atoms with E-state index in [9.17, 15) is 15.0 Å². The van der Waals surface area contributed by atoms with Crippen LogP contribution in [0.3, 0.4) is 0 Å². The molecule has 2 atom stereocenters. The average molecular weight is 471 g/mol. The maximum absolute atomic E-state index is 10.4. The van der Waals surface area contributed by atoms with Gasteiger partial charge in [0, 0.05) is 6.42 Å². The third-order valence-corrected chi connectivity index (χ3v) is 6.90. The number of hydrogen-bond acceptors (Lipinski definition) is 3. The third kappa shape index (κ3) is 27.5. The van der Waals surface area contributed by atoms with Gasteiger partial charge in [-0.05, 0) is 32.1 Å². The van der Waals surface area contributed by atoms with Gasteiger partial charge in [-0.1, -0.05) is 129 Å². The zero-order valence-corrected chi connectivity index (χ0v) is 22.1. The molecule has 2 unspecified atom stereocenters. The van der Waals surface area contributed by atoms with Crippen LogP contribution >= 0.6 is 0 Å². The molecule has 0 aromatic rings. The second-order valence-corrected chi connectivity index (χ2v) is 10.3. The fourth-order valence-electron chi connectivity index (χ4n) is 4.60. The molecule has 0 heterocycles. The standard InChI is InChI=1S/C29H58O4/c1-2-3-22-27(30)25-26-28(31)23-20-18-16-14-12-10-8-6-4-5-7-9-11-13-15-17-19-21-24-29(32)33/h27-28,30-31H,2-26H2,1H3,(H,32,33). The van der Waals surface area contributed by atoms with Gasteiger partial charge >= 0.3 is 5.97 Å². The molecule has 198 valence electrons. The minimum atomic E-state index is -0.663. The fraction of sp³-hybridized carbons (Fsp3) is 0.966. The van der Waals surface area contributed by atoms with Crippen molar-refractivity contribution in [1.82, 2.24) is 0 Å². The number of unbranched alkanes of at least 4 members (excludes halogenated alkanes) is 18. The Morgan fingerprint density at radius 2 is 0.788 bits per heavy atom. The van der Waals surface area contributed by atoms with Crippen molar-refractivity contribution in [2.45, 2.75) is 180 Å². The average Bonchev–Trinajstić information content (AvgIpc) is 2.79. The molecule has 0 aliphatic rings. The normalized spacial score (nSPS) is 13.3. The van der Waals surface area contributed by atoms with Gasteiger partial charge in [-0.25, -0.2) is 0 Å². The lowest BCUT2D eigenvalue weighted by atomic mass is 10.0. The molecule has 0 spiro atoms. The van der Waals surface area contributed by atoms with E-state index in [0.717, 1.165) is 57.8 Å². The van der Waals surface area contributed by atoms with Gasteiger partial charge in [0.25, 0.3) is 0 Å². The van der Waals surface area contributed by atoms with Crippen molar-refractivity contribution in [3.05, 3.63) is 0 Å². The Bertz CT molecular complexity index is 399. The summed E-state index contributed by atoms with van der Waals surface area (Å²) in [5, 5.41) is 28.5. The summed E-state index contributed by atoms with van der Waals surface area (Å²) in [5.74, 6) is -0.663. The summed E-state index contributed by atoms with van der Waals surface area (Å²) in [5.41, 5.74) is 0. The number of carbonyl (C=O) groups is 1. The van der Waals surface area contributed by atoms with Crippen LogP contribution in [0, 0.1) is 0 Å². The van der Waals surface area contributed by atoms with E-state index < -0.39 is 5.97 Å². The quantitative estimate of drug-likeness (QED) is 0.105. The Hall–Kier alpha value is -0.610. The van der Waals surface area contributed by atoms with Crippen LogP contribution in [-0.2, 0) is 4.79 Å². The number of carboxylic acid groups (broad SMARTS) is 1. The molecule has 0 rings (SSSR count). The summed E-state index contributed by atoms with van der Waals surface area (Å²) in [4.78, 5) is 10.4. The van der Waals surface area contributed by atoms with Crippen LogP contribution in [0.5, 0.6) is 0 Å². The molecule has 0 fully saturated rings. The highest BCUT2D eigenvalue weighted by molar-refractivity contribution is 5.66. The predicted molar refractivity (Wildman–Crippen MR) is 141 cm³/mol. The van der Waals surface area contributed by atoms with E-state index in [0.29, 0.717) is 6.42 Å². The first kappa shape index (κ1) is 32.4. The lowest BCUT2D eigenvalue weighted by Crippen LogP contribution is -2.13. The number of carboxylic acids is 1. The van der Waals surface area contributed by atoms with Crippen molar-refractivity contribution < 1.29 is 20.1 Å². The zero-order chi connectivity index (χ0) is 24.4. The minimum Gasteiger partial charge on any atom is -0.481 e. The lowest BCUT2D eigenvalue weighted by molar-refractivity contribution is -0.137. The minimum absolute atomic E-state index is 0.223. The number of aliphatic carboxylic acids is 1. The van der Waals surface area contributed by atoms with E-state index in [-0.39, 0.29) is 12.2 Å². The Balaban J connectivity index is 3.16. The summed E-state index contributed by atoms with van der Waals surface area (Å²) in [7, 11) is 0.